The molecule has 0 atom stereocenters. The van der Waals surface area contributed by atoms with Gasteiger partial charge < -0.3 is 5.32 Å². The average Bonchev–Trinajstić information content (AvgIpc) is 2.76. The number of aryl methyl sites for hydroxylation is 1. The van der Waals surface area contributed by atoms with E-state index < -0.39 is 0 Å². The number of amides is 1. The number of para-hydroxylation sites is 1. The van der Waals surface area contributed by atoms with Gasteiger partial charge >= 0.3 is 0 Å². The maximum Gasteiger partial charge on any atom is 0.256 e. The highest BCUT2D eigenvalue weighted by molar-refractivity contribution is 6.34. The lowest BCUT2D eigenvalue weighted by Crippen LogP contribution is -2.03. The summed E-state index contributed by atoms with van der Waals surface area (Å²) in [6, 6.07) is 16.1. The van der Waals surface area contributed by atoms with E-state index in [0.717, 1.165) is 28.8 Å². The molecule has 2 heteroatoms. The molecular formula is C17H15NO. The van der Waals surface area contributed by atoms with Crippen molar-refractivity contribution < 1.29 is 4.79 Å². The normalized spacial score (nSPS) is 15.4. The molecular weight excluding hydrogens is 234 g/mol. The molecule has 0 radical (unpaired) electrons. The summed E-state index contributed by atoms with van der Waals surface area (Å²) in [4.78, 5) is 12.0. The van der Waals surface area contributed by atoms with Gasteiger partial charge in [-0.15, -0.1) is 0 Å². The van der Waals surface area contributed by atoms with Gasteiger partial charge in [0.15, 0.2) is 0 Å². The Bertz CT molecular complexity index is 653. The SMILES string of the molecule is CCc1ccc(/C=C2\C(=O)Nc3ccccc32)cc1. The zero-order valence-corrected chi connectivity index (χ0v) is 10.8. The summed E-state index contributed by atoms with van der Waals surface area (Å²) >= 11 is 0. The molecule has 19 heavy (non-hydrogen) atoms. The van der Waals surface area contributed by atoms with E-state index in [9.17, 15) is 4.79 Å². The van der Waals surface area contributed by atoms with E-state index in [1.807, 2.05) is 30.3 Å². The summed E-state index contributed by atoms with van der Waals surface area (Å²) in [5.41, 5.74) is 4.97. The third kappa shape index (κ3) is 2.17. The van der Waals surface area contributed by atoms with Crippen LogP contribution in [0.5, 0.6) is 0 Å². The lowest BCUT2D eigenvalue weighted by atomic mass is 10.0. The molecule has 0 fully saturated rings. The van der Waals surface area contributed by atoms with Gasteiger partial charge in [0.25, 0.3) is 5.91 Å². The Kier molecular flexibility index (Phi) is 2.92. The molecule has 0 spiro atoms. The van der Waals surface area contributed by atoms with Gasteiger partial charge in [-0.25, -0.2) is 0 Å². The van der Waals surface area contributed by atoms with Crippen molar-refractivity contribution in [3.05, 3.63) is 65.2 Å². The van der Waals surface area contributed by atoms with Crippen LogP contribution in [-0.4, -0.2) is 5.91 Å². The van der Waals surface area contributed by atoms with Crippen molar-refractivity contribution in [3.63, 3.8) is 0 Å². The number of fused-ring (bicyclic) bond motifs is 1. The molecule has 1 aliphatic rings. The number of hydrogen-bond acceptors (Lipinski definition) is 1. The second kappa shape index (κ2) is 4.73. The molecule has 0 aromatic heterocycles. The van der Waals surface area contributed by atoms with Crippen molar-refractivity contribution in [1.82, 2.24) is 0 Å². The Hall–Kier alpha value is -2.35. The smallest absolute Gasteiger partial charge is 0.256 e. The standard InChI is InChI=1S/C17H15NO/c1-2-12-7-9-13(10-8-12)11-15-14-5-3-4-6-16(14)18-17(15)19/h3-11H,2H2,1H3,(H,18,19)/b15-11-. The minimum atomic E-state index is -0.0271. The van der Waals surface area contributed by atoms with Gasteiger partial charge in [-0.3, -0.25) is 4.79 Å². The predicted molar refractivity (Wildman–Crippen MR) is 78.8 cm³/mol. The fraction of sp³-hybridized carbons (Fsp3) is 0.118. The Morgan fingerprint density at radius 3 is 2.53 bits per heavy atom. The van der Waals surface area contributed by atoms with Crippen LogP contribution in [0.25, 0.3) is 11.6 Å². The molecule has 1 heterocycles. The van der Waals surface area contributed by atoms with Crippen molar-refractivity contribution in [2.24, 2.45) is 0 Å². The van der Waals surface area contributed by atoms with Crippen molar-refractivity contribution in [2.75, 3.05) is 5.32 Å². The van der Waals surface area contributed by atoms with Gasteiger partial charge in [0.2, 0.25) is 0 Å². The van der Waals surface area contributed by atoms with E-state index in [1.54, 1.807) is 0 Å². The van der Waals surface area contributed by atoms with Crippen LogP contribution in [0.15, 0.2) is 48.5 Å². The zero-order chi connectivity index (χ0) is 13.2. The average molecular weight is 249 g/mol. The maximum atomic E-state index is 12.0. The van der Waals surface area contributed by atoms with E-state index in [0.29, 0.717) is 0 Å². The number of anilines is 1. The molecule has 2 aromatic rings. The van der Waals surface area contributed by atoms with Crippen molar-refractivity contribution in [1.29, 1.82) is 0 Å². The van der Waals surface area contributed by atoms with Gasteiger partial charge in [-0.1, -0.05) is 49.4 Å². The Morgan fingerprint density at radius 1 is 1.05 bits per heavy atom. The molecule has 1 N–H and O–H groups in total. The summed E-state index contributed by atoms with van der Waals surface area (Å²) in [5, 5.41) is 2.88. The van der Waals surface area contributed by atoms with Gasteiger partial charge in [0, 0.05) is 16.8 Å². The first-order chi connectivity index (χ1) is 9.28. The number of hydrogen-bond donors (Lipinski definition) is 1. The predicted octanol–water partition coefficient (Wildman–Crippen LogP) is 3.74. The highest BCUT2D eigenvalue weighted by Gasteiger charge is 2.22. The molecule has 2 nitrogen and oxygen atoms in total. The highest BCUT2D eigenvalue weighted by Crippen LogP contribution is 2.32. The zero-order valence-electron chi connectivity index (χ0n) is 10.8. The fourth-order valence-electron chi connectivity index (χ4n) is 2.30. The van der Waals surface area contributed by atoms with E-state index >= 15 is 0 Å². The minimum Gasteiger partial charge on any atom is -0.321 e. The second-order valence-corrected chi connectivity index (χ2v) is 4.65. The number of carbonyl (C=O) groups is 1. The van der Waals surface area contributed by atoms with E-state index in [-0.39, 0.29) is 5.91 Å². The lowest BCUT2D eigenvalue weighted by Gasteiger charge is -2.00. The molecule has 1 aliphatic heterocycles. The quantitative estimate of drug-likeness (QED) is 0.807. The number of nitrogens with one attached hydrogen (secondary N) is 1. The first kappa shape index (κ1) is 11.7. The lowest BCUT2D eigenvalue weighted by molar-refractivity contribution is -0.110. The summed E-state index contributed by atoms with van der Waals surface area (Å²) in [5.74, 6) is -0.0271. The summed E-state index contributed by atoms with van der Waals surface area (Å²) in [6.07, 6.45) is 2.97. The molecule has 0 bridgehead atoms. The molecule has 0 saturated carbocycles. The summed E-state index contributed by atoms with van der Waals surface area (Å²) in [6.45, 7) is 2.13. The van der Waals surface area contributed by atoms with Crippen LogP contribution in [0.2, 0.25) is 0 Å². The van der Waals surface area contributed by atoms with Gasteiger partial charge in [-0.2, -0.15) is 0 Å². The van der Waals surface area contributed by atoms with E-state index in [2.05, 4.69) is 36.5 Å². The Morgan fingerprint density at radius 2 is 1.79 bits per heavy atom. The third-order valence-electron chi connectivity index (χ3n) is 3.41. The van der Waals surface area contributed by atoms with Crippen LogP contribution in [0.4, 0.5) is 5.69 Å². The number of rotatable bonds is 2. The molecule has 0 aliphatic carbocycles. The minimum absolute atomic E-state index is 0.0271. The van der Waals surface area contributed by atoms with Gasteiger partial charge in [0.05, 0.1) is 0 Å². The molecule has 2 aromatic carbocycles. The van der Waals surface area contributed by atoms with Crippen LogP contribution in [-0.2, 0) is 11.2 Å². The van der Waals surface area contributed by atoms with Gasteiger partial charge in [-0.05, 0) is 29.7 Å². The highest BCUT2D eigenvalue weighted by atomic mass is 16.1. The molecule has 0 saturated heterocycles. The number of benzene rings is 2. The van der Waals surface area contributed by atoms with Crippen LogP contribution in [0.1, 0.15) is 23.6 Å². The molecule has 94 valence electrons. The molecule has 3 rings (SSSR count). The first-order valence-corrected chi connectivity index (χ1v) is 6.49. The molecule has 1 amide bonds. The number of carbonyl (C=O) groups excluding carboxylic acids is 1. The first-order valence-electron chi connectivity index (χ1n) is 6.49. The largest absolute Gasteiger partial charge is 0.321 e. The van der Waals surface area contributed by atoms with Crippen LogP contribution in [0.3, 0.4) is 0 Å². The van der Waals surface area contributed by atoms with Crippen LogP contribution < -0.4 is 5.32 Å². The third-order valence-corrected chi connectivity index (χ3v) is 3.41. The van der Waals surface area contributed by atoms with E-state index in [1.165, 1.54) is 5.56 Å². The summed E-state index contributed by atoms with van der Waals surface area (Å²) < 4.78 is 0. The van der Waals surface area contributed by atoms with Crippen LogP contribution >= 0.6 is 0 Å². The monoisotopic (exact) mass is 249 g/mol. The maximum absolute atomic E-state index is 12.0. The Balaban J connectivity index is 2.01. The van der Waals surface area contributed by atoms with Gasteiger partial charge in [0.1, 0.15) is 0 Å². The summed E-state index contributed by atoms with van der Waals surface area (Å²) in [7, 11) is 0. The van der Waals surface area contributed by atoms with Crippen molar-refractivity contribution in [2.45, 2.75) is 13.3 Å². The molecule has 0 unspecified atom stereocenters. The topological polar surface area (TPSA) is 29.1 Å². The second-order valence-electron chi connectivity index (χ2n) is 4.65. The van der Waals surface area contributed by atoms with Crippen LogP contribution in [0, 0.1) is 0 Å². The Labute approximate surface area is 112 Å². The van der Waals surface area contributed by atoms with Crippen molar-refractivity contribution in [3.8, 4) is 0 Å². The fourth-order valence-corrected chi connectivity index (χ4v) is 2.30. The van der Waals surface area contributed by atoms with Crippen molar-refractivity contribution >= 4 is 23.2 Å². The van der Waals surface area contributed by atoms with E-state index in [4.69, 9.17) is 0 Å².